The van der Waals surface area contributed by atoms with Crippen LogP contribution in [0.5, 0.6) is 0 Å². The van der Waals surface area contributed by atoms with Crippen LogP contribution in [0.1, 0.15) is 188 Å². The summed E-state index contributed by atoms with van der Waals surface area (Å²) in [5.41, 5.74) is 0. The minimum absolute atomic E-state index is 0.237. The van der Waals surface area contributed by atoms with Crippen molar-refractivity contribution in [2.24, 2.45) is 0 Å². The Labute approximate surface area is 294 Å². The van der Waals surface area contributed by atoms with E-state index < -0.39 is 0 Å². The van der Waals surface area contributed by atoms with Gasteiger partial charge in [-0.05, 0) is 90.6 Å². The van der Waals surface area contributed by atoms with Gasteiger partial charge in [0.2, 0.25) is 0 Å². The summed E-state index contributed by atoms with van der Waals surface area (Å²) in [6.07, 6.45) is 51.0. The van der Waals surface area contributed by atoms with Gasteiger partial charge in [-0.15, -0.1) is 0 Å². The van der Waals surface area contributed by atoms with Crippen LogP contribution >= 0.6 is 0 Å². The molecule has 0 fully saturated rings. The van der Waals surface area contributed by atoms with Crippen LogP contribution in [0.4, 0.5) is 4.79 Å². The van der Waals surface area contributed by atoms with Crippen molar-refractivity contribution in [3.63, 3.8) is 0 Å². The van der Waals surface area contributed by atoms with Crippen LogP contribution in [0.3, 0.4) is 0 Å². The Hall–Kier alpha value is -1.81. The van der Waals surface area contributed by atoms with Gasteiger partial charge >= 0.3 is 6.09 Å². The van der Waals surface area contributed by atoms with Gasteiger partial charge in [-0.25, -0.2) is 4.79 Å². The maximum atomic E-state index is 12.5. The second kappa shape index (κ2) is 38.6. The number of nitrogens with one attached hydrogen (secondary N) is 1. The first kappa shape index (κ1) is 45.2. The van der Waals surface area contributed by atoms with Crippen LogP contribution < -0.4 is 5.32 Å². The first-order valence-electron chi connectivity index (χ1n) is 20.4. The Morgan fingerprint density at radius 1 is 0.553 bits per heavy atom. The topological polar surface area (TPSA) is 41.6 Å². The maximum absolute atomic E-state index is 12.5. The number of nitrogens with zero attached hydrogens (tertiary/aromatic N) is 1. The molecule has 0 aromatic heterocycles. The van der Waals surface area contributed by atoms with Gasteiger partial charge in [0, 0.05) is 12.6 Å². The average Bonchev–Trinajstić information content (AvgIpc) is 3.07. The normalized spacial score (nSPS) is 12.9. The molecule has 0 atom stereocenters. The fourth-order valence-electron chi connectivity index (χ4n) is 5.71. The molecule has 0 saturated heterocycles. The highest BCUT2D eigenvalue weighted by Crippen LogP contribution is 2.16. The second-order valence-corrected chi connectivity index (χ2v) is 13.6. The lowest BCUT2D eigenvalue weighted by molar-refractivity contribution is 0.129. The molecule has 0 saturated carbocycles. The highest BCUT2D eigenvalue weighted by atomic mass is 16.5. The van der Waals surface area contributed by atoms with Crippen molar-refractivity contribution >= 4 is 6.09 Å². The summed E-state index contributed by atoms with van der Waals surface area (Å²) in [7, 11) is 2.06. The lowest BCUT2D eigenvalue weighted by atomic mass is 10.00. The summed E-state index contributed by atoms with van der Waals surface area (Å²) in [6.45, 7) is 8.85. The highest BCUT2D eigenvalue weighted by Gasteiger charge is 2.13. The highest BCUT2D eigenvalue weighted by molar-refractivity contribution is 5.67. The smallest absolute Gasteiger partial charge is 0.407 e. The van der Waals surface area contributed by atoms with Crippen LogP contribution in [-0.2, 0) is 4.74 Å². The van der Waals surface area contributed by atoms with E-state index in [1.807, 2.05) is 0 Å². The van der Waals surface area contributed by atoms with E-state index in [0.29, 0.717) is 6.61 Å². The summed E-state index contributed by atoms with van der Waals surface area (Å²) in [6, 6.07) is 0.239. The van der Waals surface area contributed by atoms with E-state index in [-0.39, 0.29) is 12.1 Å². The molecular weight excluding hydrogens is 576 g/mol. The van der Waals surface area contributed by atoms with Gasteiger partial charge in [0.25, 0.3) is 0 Å². The summed E-state index contributed by atoms with van der Waals surface area (Å²) < 4.78 is 5.50. The second-order valence-electron chi connectivity index (χ2n) is 13.6. The summed E-state index contributed by atoms with van der Waals surface area (Å²) in [5.74, 6) is 0. The van der Waals surface area contributed by atoms with E-state index in [0.717, 1.165) is 38.8 Å². The third-order valence-electron chi connectivity index (χ3n) is 9.07. The lowest BCUT2D eigenvalue weighted by Gasteiger charge is -2.19. The molecule has 0 aliphatic carbocycles. The predicted molar refractivity (Wildman–Crippen MR) is 209 cm³/mol. The predicted octanol–water partition coefficient (Wildman–Crippen LogP) is 13.4. The van der Waals surface area contributed by atoms with Crippen molar-refractivity contribution in [1.29, 1.82) is 0 Å². The summed E-state index contributed by atoms with van der Waals surface area (Å²) >= 11 is 0. The van der Waals surface area contributed by atoms with Gasteiger partial charge in [-0.2, -0.15) is 0 Å². The summed E-state index contributed by atoms with van der Waals surface area (Å²) in [5, 5.41) is 3.21. The molecule has 0 aliphatic heterocycles. The molecule has 0 aromatic carbocycles. The van der Waals surface area contributed by atoms with Crippen LogP contribution in [0, 0.1) is 0 Å². The van der Waals surface area contributed by atoms with Crippen LogP contribution in [0.15, 0.2) is 48.6 Å². The largest absolute Gasteiger partial charge is 0.448 e. The van der Waals surface area contributed by atoms with Crippen LogP contribution in [0.2, 0.25) is 0 Å². The Morgan fingerprint density at radius 2 is 0.936 bits per heavy atom. The molecule has 0 heterocycles. The summed E-state index contributed by atoms with van der Waals surface area (Å²) in [4.78, 5) is 14.7. The minimum atomic E-state index is -0.237. The minimum Gasteiger partial charge on any atom is -0.448 e. The van der Waals surface area contributed by atoms with Crippen molar-refractivity contribution in [2.45, 2.75) is 194 Å². The fourth-order valence-corrected chi connectivity index (χ4v) is 5.71. The quantitative estimate of drug-likeness (QED) is 0.0545. The van der Waals surface area contributed by atoms with Crippen molar-refractivity contribution < 1.29 is 9.53 Å². The van der Waals surface area contributed by atoms with Gasteiger partial charge in [0.1, 0.15) is 6.61 Å². The molecule has 1 N–H and O–H groups in total. The zero-order valence-corrected chi connectivity index (χ0v) is 32.0. The molecule has 4 nitrogen and oxygen atoms in total. The van der Waals surface area contributed by atoms with E-state index in [2.05, 4.69) is 86.6 Å². The molecule has 0 radical (unpaired) electrons. The number of amides is 1. The molecule has 0 aromatic rings. The average molecular weight is 657 g/mol. The number of rotatable bonds is 35. The zero-order valence-electron chi connectivity index (χ0n) is 32.0. The van der Waals surface area contributed by atoms with Crippen LogP contribution in [-0.4, -0.2) is 43.8 Å². The van der Waals surface area contributed by atoms with Gasteiger partial charge in [-0.1, -0.05) is 159 Å². The van der Waals surface area contributed by atoms with E-state index in [4.69, 9.17) is 4.74 Å². The van der Waals surface area contributed by atoms with Crippen molar-refractivity contribution in [3.05, 3.63) is 48.6 Å². The van der Waals surface area contributed by atoms with E-state index in [1.165, 1.54) is 141 Å². The molecule has 0 rings (SSSR count). The Bertz CT molecular complexity index is 709. The number of carbonyl (C=O) groups excluding carboxylic acids is 1. The standard InChI is InChI=1S/C43H80N2O2/c1-5-8-10-12-14-16-18-20-22-24-26-28-30-32-34-36-38-42(44-43(46)47-41-40-45(4)7-3)39-37-35-33-31-29-27-25-23-21-19-17-15-13-11-9-6-2/h14-17,20-23,42H,5-13,18-19,24-41H2,1-4H3,(H,44,46). The fraction of sp³-hybridized carbons (Fsp3) is 0.791. The van der Waals surface area contributed by atoms with Gasteiger partial charge in [-0.3, -0.25) is 0 Å². The third kappa shape index (κ3) is 36.9. The van der Waals surface area contributed by atoms with Gasteiger partial charge in [0.15, 0.2) is 0 Å². The molecule has 0 spiro atoms. The molecule has 0 bridgehead atoms. The first-order chi connectivity index (χ1) is 23.1. The van der Waals surface area contributed by atoms with E-state index >= 15 is 0 Å². The molecule has 0 unspecified atom stereocenters. The van der Waals surface area contributed by atoms with Gasteiger partial charge in [0.05, 0.1) is 0 Å². The number of alkyl carbamates (subject to hydrolysis) is 1. The maximum Gasteiger partial charge on any atom is 0.407 e. The van der Waals surface area contributed by atoms with Crippen molar-refractivity contribution in [1.82, 2.24) is 10.2 Å². The van der Waals surface area contributed by atoms with Gasteiger partial charge < -0.3 is 15.0 Å². The number of hydrogen-bond donors (Lipinski definition) is 1. The molecule has 47 heavy (non-hydrogen) atoms. The Kier molecular flexibility index (Phi) is 37.1. The lowest BCUT2D eigenvalue weighted by Crippen LogP contribution is -2.36. The SMILES string of the molecule is CCCCCC=CCC=CCCCCCCCCC(CCCCCCCCC=CCC=CCCCCC)NC(=O)OCCN(C)CC. The molecule has 4 heteroatoms. The van der Waals surface area contributed by atoms with Crippen molar-refractivity contribution in [3.8, 4) is 0 Å². The Morgan fingerprint density at radius 3 is 1.34 bits per heavy atom. The molecular formula is C43H80N2O2. The molecule has 1 amide bonds. The third-order valence-corrected chi connectivity index (χ3v) is 9.07. The number of hydrogen-bond acceptors (Lipinski definition) is 3. The number of likely N-dealkylation sites (N-methyl/N-ethyl adjacent to an activating group) is 1. The monoisotopic (exact) mass is 657 g/mol. The first-order valence-corrected chi connectivity index (χ1v) is 20.4. The van der Waals surface area contributed by atoms with Crippen LogP contribution in [0.25, 0.3) is 0 Å². The van der Waals surface area contributed by atoms with Crippen molar-refractivity contribution in [2.75, 3.05) is 26.7 Å². The Balaban J connectivity index is 4.07. The van der Waals surface area contributed by atoms with E-state index in [1.54, 1.807) is 0 Å². The molecule has 274 valence electrons. The zero-order chi connectivity index (χ0) is 34.3. The molecule has 0 aliphatic rings. The van der Waals surface area contributed by atoms with E-state index in [9.17, 15) is 4.79 Å². The number of ether oxygens (including phenoxy) is 1. The number of unbranched alkanes of at least 4 members (excludes halogenated alkanes) is 18. The number of allylic oxidation sites excluding steroid dienone is 8. The number of carbonyl (C=O) groups is 1.